The van der Waals surface area contributed by atoms with E-state index in [1.165, 1.54) is 0 Å². The van der Waals surface area contributed by atoms with Gasteiger partial charge in [0.05, 0.1) is 5.69 Å². The number of aromatic nitrogens is 1. The maximum Gasteiger partial charge on any atom is 0.373 e. The van der Waals surface area contributed by atoms with Gasteiger partial charge in [-0.05, 0) is 24.7 Å². The Morgan fingerprint density at radius 1 is 1.47 bits per heavy atom. The van der Waals surface area contributed by atoms with Crippen molar-refractivity contribution in [2.45, 2.75) is 47.5 Å². The number of carbonyl (C=O) groups is 1. The highest BCUT2D eigenvalue weighted by molar-refractivity contribution is 5.85. The lowest BCUT2D eigenvalue weighted by Gasteiger charge is -2.22. The first-order valence-corrected chi connectivity index (χ1v) is 5.88. The van der Waals surface area contributed by atoms with Crippen molar-refractivity contribution in [3.63, 3.8) is 0 Å². The Hall–Kier alpha value is -1.32. The zero-order valence-electron chi connectivity index (χ0n) is 11.2. The fourth-order valence-electron chi connectivity index (χ4n) is 2.15. The smallest absolute Gasteiger partial charge is 0.373 e. The summed E-state index contributed by atoms with van der Waals surface area (Å²) in [6, 6.07) is 0. The molecule has 0 amide bonds. The molecule has 0 spiro atoms. The van der Waals surface area contributed by atoms with E-state index >= 15 is 0 Å². The molecule has 0 radical (unpaired) electrons. The highest BCUT2D eigenvalue weighted by atomic mass is 16.4. The number of nitrogens with zero attached hydrogens (tertiary/aromatic N) is 1. The van der Waals surface area contributed by atoms with E-state index in [2.05, 4.69) is 32.7 Å². The van der Waals surface area contributed by atoms with E-state index in [9.17, 15) is 4.79 Å². The van der Waals surface area contributed by atoms with Crippen LogP contribution in [0, 0.1) is 18.3 Å². The largest absolute Gasteiger partial charge is 0.475 e. The van der Waals surface area contributed by atoms with Gasteiger partial charge in [-0.15, -0.1) is 0 Å². The molecule has 1 aromatic heterocycles. The quantitative estimate of drug-likeness (QED) is 0.875. The maximum atomic E-state index is 10.8. The summed E-state index contributed by atoms with van der Waals surface area (Å²) in [4.78, 5) is 15.0. The van der Waals surface area contributed by atoms with Crippen molar-refractivity contribution in [2.75, 3.05) is 0 Å². The van der Waals surface area contributed by atoms with Gasteiger partial charge < -0.3 is 9.52 Å². The van der Waals surface area contributed by atoms with E-state index in [0.717, 1.165) is 6.42 Å². The van der Waals surface area contributed by atoms with Crippen LogP contribution in [0.2, 0.25) is 0 Å². The Bertz CT molecular complexity index is 401. The molecule has 1 atom stereocenters. The second kappa shape index (κ2) is 4.90. The molecule has 1 N–H and O–H groups in total. The number of hydrogen-bond donors (Lipinski definition) is 1. The second-order valence-corrected chi connectivity index (χ2v) is 5.90. The van der Waals surface area contributed by atoms with Gasteiger partial charge in [-0.25, -0.2) is 9.78 Å². The van der Waals surface area contributed by atoms with Crippen LogP contribution >= 0.6 is 0 Å². The van der Waals surface area contributed by atoms with Crippen LogP contribution in [0.25, 0.3) is 0 Å². The molecule has 1 unspecified atom stereocenters. The molecule has 0 aliphatic heterocycles. The first-order valence-electron chi connectivity index (χ1n) is 5.88. The van der Waals surface area contributed by atoms with Gasteiger partial charge in [0, 0.05) is 6.42 Å². The Labute approximate surface area is 102 Å². The standard InChI is InChI=1S/C13H21NO3/c1-8(7-13(3,4)5)6-10-14-9(2)11(17-10)12(15)16/h8H,6-7H2,1-5H3,(H,15,16). The fraction of sp³-hybridized carbons (Fsp3) is 0.692. The van der Waals surface area contributed by atoms with Crippen LogP contribution in [0.5, 0.6) is 0 Å². The van der Waals surface area contributed by atoms with Crippen LogP contribution in [-0.4, -0.2) is 16.1 Å². The highest BCUT2D eigenvalue weighted by Gasteiger charge is 2.20. The molecular weight excluding hydrogens is 218 g/mol. The van der Waals surface area contributed by atoms with E-state index in [-0.39, 0.29) is 11.2 Å². The molecule has 96 valence electrons. The van der Waals surface area contributed by atoms with E-state index in [1.807, 2.05) is 0 Å². The lowest BCUT2D eigenvalue weighted by Crippen LogP contribution is -2.12. The third kappa shape index (κ3) is 4.21. The van der Waals surface area contributed by atoms with E-state index < -0.39 is 5.97 Å². The monoisotopic (exact) mass is 239 g/mol. The number of oxazole rings is 1. The van der Waals surface area contributed by atoms with Crippen LogP contribution in [0.3, 0.4) is 0 Å². The molecule has 0 fully saturated rings. The number of hydrogen-bond acceptors (Lipinski definition) is 3. The number of aryl methyl sites for hydroxylation is 1. The summed E-state index contributed by atoms with van der Waals surface area (Å²) >= 11 is 0. The molecule has 1 rings (SSSR count). The summed E-state index contributed by atoms with van der Waals surface area (Å²) in [7, 11) is 0. The zero-order valence-corrected chi connectivity index (χ0v) is 11.2. The molecule has 0 saturated heterocycles. The van der Waals surface area contributed by atoms with Crippen LogP contribution in [0.4, 0.5) is 0 Å². The predicted molar refractivity (Wildman–Crippen MR) is 65.1 cm³/mol. The third-order valence-electron chi connectivity index (χ3n) is 2.52. The Balaban J connectivity index is 2.69. The van der Waals surface area contributed by atoms with Crippen molar-refractivity contribution in [3.05, 3.63) is 17.3 Å². The maximum absolute atomic E-state index is 10.8. The van der Waals surface area contributed by atoms with Crippen molar-refractivity contribution in [3.8, 4) is 0 Å². The van der Waals surface area contributed by atoms with E-state index in [1.54, 1.807) is 6.92 Å². The van der Waals surface area contributed by atoms with Gasteiger partial charge in [-0.2, -0.15) is 0 Å². The molecule has 1 aromatic rings. The molecule has 4 heteroatoms. The minimum atomic E-state index is -1.05. The van der Waals surface area contributed by atoms with Gasteiger partial charge in [-0.3, -0.25) is 0 Å². The summed E-state index contributed by atoms with van der Waals surface area (Å²) < 4.78 is 5.25. The number of rotatable bonds is 4. The second-order valence-electron chi connectivity index (χ2n) is 5.90. The molecule has 0 bridgehead atoms. The lowest BCUT2D eigenvalue weighted by atomic mass is 9.84. The zero-order chi connectivity index (χ0) is 13.2. The Morgan fingerprint density at radius 3 is 2.47 bits per heavy atom. The van der Waals surface area contributed by atoms with Crippen molar-refractivity contribution < 1.29 is 14.3 Å². The first-order chi connectivity index (χ1) is 7.69. The van der Waals surface area contributed by atoms with Crippen LogP contribution in [0.15, 0.2) is 4.42 Å². The van der Waals surface area contributed by atoms with Crippen molar-refractivity contribution in [1.82, 2.24) is 4.98 Å². The number of aromatic carboxylic acids is 1. The molecular formula is C13H21NO3. The fourth-order valence-corrected chi connectivity index (χ4v) is 2.15. The van der Waals surface area contributed by atoms with Gasteiger partial charge in [0.25, 0.3) is 0 Å². The summed E-state index contributed by atoms with van der Waals surface area (Å²) in [6.07, 6.45) is 1.74. The number of carboxylic acid groups (broad SMARTS) is 1. The topological polar surface area (TPSA) is 63.3 Å². The molecule has 0 aromatic carbocycles. The summed E-state index contributed by atoms with van der Waals surface area (Å²) in [5.41, 5.74) is 0.715. The molecule has 4 nitrogen and oxygen atoms in total. The van der Waals surface area contributed by atoms with Crippen molar-refractivity contribution >= 4 is 5.97 Å². The van der Waals surface area contributed by atoms with Crippen molar-refractivity contribution in [1.29, 1.82) is 0 Å². The molecule has 0 aliphatic rings. The molecule has 17 heavy (non-hydrogen) atoms. The Kier molecular flexibility index (Phi) is 3.96. The van der Waals surface area contributed by atoms with Gasteiger partial charge >= 0.3 is 5.97 Å². The Morgan fingerprint density at radius 2 is 2.06 bits per heavy atom. The van der Waals surface area contributed by atoms with E-state index in [4.69, 9.17) is 9.52 Å². The van der Waals surface area contributed by atoms with Gasteiger partial charge in [-0.1, -0.05) is 27.7 Å². The molecule has 0 aliphatic carbocycles. The summed E-state index contributed by atoms with van der Waals surface area (Å²) in [5.74, 6) is -0.140. The third-order valence-corrected chi connectivity index (χ3v) is 2.52. The van der Waals surface area contributed by atoms with Crippen LogP contribution in [0.1, 0.15) is 56.3 Å². The number of carboxylic acids is 1. The summed E-state index contributed by atoms with van der Waals surface area (Å²) in [5, 5.41) is 8.87. The van der Waals surface area contributed by atoms with Gasteiger partial charge in [0.1, 0.15) is 0 Å². The van der Waals surface area contributed by atoms with Gasteiger partial charge in [0.15, 0.2) is 5.89 Å². The molecule has 1 heterocycles. The van der Waals surface area contributed by atoms with Crippen LogP contribution < -0.4 is 0 Å². The van der Waals surface area contributed by atoms with Gasteiger partial charge in [0.2, 0.25) is 5.76 Å². The average molecular weight is 239 g/mol. The summed E-state index contributed by atoms with van der Waals surface area (Å²) in [6.45, 7) is 10.4. The lowest BCUT2D eigenvalue weighted by molar-refractivity contribution is 0.0658. The highest BCUT2D eigenvalue weighted by Crippen LogP contribution is 2.26. The normalized spacial score (nSPS) is 13.7. The SMILES string of the molecule is Cc1nc(CC(C)CC(C)(C)C)oc1C(=O)O. The minimum absolute atomic E-state index is 0.0389. The minimum Gasteiger partial charge on any atom is -0.475 e. The average Bonchev–Trinajstić information content (AvgIpc) is 2.42. The van der Waals surface area contributed by atoms with Crippen LogP contribution in [-0.2, 0) is 6.42 Å². The first kappa shape index (κ1) is 13.7. The van der Waals surface area contributed by atoms with Crippen molar-refractivity contribution in [2.24, 2.45) is 11.3 Å². The predicted octanol–water partition coefficient (Wildman–Crippen LogP) is 3.30. The molecule has 0 saturated carbocycles. The van der Waals surface area contributed by atoms with E-state index in [0.29, 0.717) is 23.9 Å².